The topological polar surface area (TPSA) is 61.7 Å². The Hall–Kier alpha value is -1.01. The molecular formula is C8H10N2O2S2. The van der Waals surface area contributed by atoms with Crippen LogP contribution in [0.25, 0.3) is 0 Å². The first-order valence-corrected chi connectivity index (χ1v) is 5.94. The van der Waals surface area contributed by atoms with Gasteiger partial charge in [-0.15, -0.1) is 23.1 Å². The number of hydrogen-bond donors (Lipinski definition) is 2. The molecule has 6 heteroatoms. The maximum atomic E-state index is 10.2. The van der Waals surface area contributed by atoms with Gasteiger partial charge in [-0.2, -0.15) is 5.10 Å². The Labute approximate surface area is 90.0 Å². The van der Waals surface area contributed by atoms with E-state index in [9.17, 15) is 4.79 Å². The second-order valence-corrected chi connectivity index (χ2v) is 4.29. The van der Waals surface area contributed by atoms with E-state index in [2.05, 4.69) is 5.10 Å². The fraction of sp³-hybridized carbons (Fsp3) is 0.250. The molecule has 1 aromatic heterocycles. The molecule has 0 bridgehead atoms. The van der Waals surface area contributed by atoms with Crippen LogP contribution in [0, 0.1) is 0 Å². The van der Waals surface area contributed by atoms with Crippen molar-refractivity contribution in [2.45, 2.75) is 6.42 Å². The highest BCUT2D eigenvalue weighted by molar-refractivity contribution is 8.13. The van der Waals surface area contributed by atoms with Crippen molar-refractivity contribution in [1.82, 2.24) is 5.43 Å². The van der Waals surface area contributed by atoms with Gasteiger partial charge in [0, 0.05) is 11.3 Å². The lowest BCUT2D eigenvalue weighted by Crippen LogP contribution is -2.16. The molecule has 4 nitrogen and oxygen atoms in total. The van der Waals surface area contributed by atoms with E-state index >= 15 is 0 Å². The summed E-state index contributed by atoms with van der Waals surface area (Å²) in [6, 6.07) is 3.96. The van der Waals surface area contributed by atoms with Crippen molar-refractivity contribution < 1.29 is 9.90 Å². The lowest BCUT2D eigenvalue weighted by molar-refractivity contribution is 0.195. The summed E-state index contributed by atoms with van der Waals surface area (Å²) < 4.78 is 0. The third kappa shape index (κ3) is 3.80. The predicted octanol–water partition coefficient (Wildman–Crippen LogP) is 2.23. The Balaban J connectivity index is 2.54. The van der Waals surface area contributed by atoms with Gasteiger partial charge in [0.2, 0.25) is 0 Å². The first-order valence-electron chi connectivity index (χ1n) is 3.84. The van der Waals surface area contributed by atoms with Gasteiger partial charge in [0.25, 0.3) is 0 Å². The van der Waals surface area contributed by atoms with Crippen LogP contribution in [0.1, 0.15) is 4.88 Å². The summed E-state index contributed by atoms with van der Waals surface area (Å²) in [7, 11) is 0. The van der Waals surface area contributed by atoms with Crippen molar-refractivity contribution in [2.24, 2.45) is 5.10 Å². The largest absolute Gasteiger partial charge is 0.464 e. The fourth-order valence-electron chi connectivity index (χ4n) is 0.830. The summed E-state index contributed by atoms with van der Waals surface area (Å²) >= 11 is 3.07. The second-order valence-electron chi connectivity index (χ2n) is 2.38. The average Bonchev–Trinajstić information content (AvgIpc) is 2.64. The Bertz CT molecular complexity index is 322. The quantitative estimate of drug-likeness (QED) is 0.475. The van der Waals surface area contributed by atoms with E-state index in [1.807, 2.05) is 29.2 Å². The number of rotatable bonds is 3. The van der Waals surface area contributed by atoms with E-state index in [0.29, 0.717) is 6.42 Å². The molecule has 14 heavy (non-hydrogen) atoms. The molecule has 0 atom stereocenters. The van der Waals surface area contributed by atoms with Crippen molar-refractivity contribution in [3.63, 3.8) is 0 Å². The number of amides is 1. The minimum atomic E-state index is -1.14. The van der Waals surface area contributed by atoms with Crippen LogP contribution < -0.4 is 5.43 Å². The highest BCUT2D eigenvalue weighted by atomic mass is 32.2. The summed E-state index contributed by atoms with van der Waals surface area (Å²) in [5.74, 6) is 0. The number of hydrazone groups is 1. The Morgan fingerprint density at radius 1 is 1.79 bits per heavy atom. The Morgan fingerprint density at radius 2 is 2.57 bits per heavy atom. The van der Waals surface area contributed by atoms with Gasteiger partial charge in [0.05, 0.1) is 5.04 Å². The number of carbonyl (C=O) groups is 1. The highest BCUT2D eigenvalue weighted by Gasteiger charge is 2.01. The lowest BCUT2D eigenvalue weighted by atomic mass is 10.4. The lowest BCUT2D eigenvalue weighted by Gasteiger charge is -2.00. The van der Waals surface area contributed by atoms with Crippen molar-refractivity contribution >= 4 is 34.2 Å². The zero-order chi connectivity index (χ0) is 10.4. The zero-order valence-electron chi connectivity index (χ0n) is 7.56. The van der Waals surface area contributed by atoms with E-state index in [0.717, 1.165) is 5.04 Å². The molecule has 0 fully saturated rings. The second kappa shape index (κ2) is 5.66. The van der Waals surface area contributed by atoms with Crippen LogP contribution in [-0.4, -0.2) is 22.5 Å². The summed E-state index contributed by atoms with van der Waals surface area (Å²) in [4.78, 5) is 11.4. The van der Waals surface area contributed by atoms with Crippen LogP contribution in [0.15, 0.2) is 22.6 Å². The van der Waals surface area contributed by atoms with Gasteiger partial charge >= 0.3 is 6.09 Å². The molecule has 0 saturated heterocycles. The van der Waals surface area contributed by atoms with Gasteiger partial charge in [-0.25, -0.2) is 10.2 Å². The fourth-order valence-corrected chi connectivity index (χ4v) is 2.07. The summed E-state index contributed by atoms with van der Waals surface area (Å²) in [5, 5.41) is 14.9. The van der Waals surface area contributed by atoms with Crippen LogP contribution in [0.4, 0.5) is 4.79 Å². The minimum absolute atomic E-state index is 0.680. The molecule has 0 saturated carbocycles. The van der Waals surface area contributed by atoms with E-state index in [4.69, 9.17) is 5.11 Å². The molecule has 0 spiro atoms. The van der Waals surface area contributed by atoms with Gasteiger partial charge in [0.15, 0.2) is 0 Å². The molecule has 0 aromatic carbocycles. The normalized spacial score (nSPS) is 11.4. The smallest absolute Gasteiger partial charge is 0.425 e. The van der Waals surface area contributed by atoms with Crippen molar-refractivity contribution in [2.75, 3.05) is 6.26 Å². The van der Waals surface area contributed by atoms with Crippen LogP contribution in [0.5, 0.6) is 0 Å². The molecule has 1 amide bonds. The number of nitrogens with zero attached hydrogens (tertiary/aromatic N) is 1. The van der Waals surface area contributed by atoms with E-state index in [-0.39, 0.29) is 0 Å². The first-order chi connectivity index (χ1) is 6.72. The summed E-state index contributed by atoms with van der Waals surface area (Å²) in [5.41, 5.74) is 2.00. The van der Waals surface area contributed by atoms with Gasteiger partial charge in [-0.05, 0) is 17.7 Å². The molecule has 0 aliphatic carbocycles. The third-order valence-corrected chi connectivity index (χ3v) is 3.00. The van der Waals surface area contributed by atoms with E-state index in [1.54, 1.807) is 11.3 Å². The number of carboxylic acid groups (broad SMARTS) is 1. The molecule has 2 N–H and O–H groups in total. The Kier molecular flexibility index (Phi) is 4.48. The average molecular weight is 230 g/mol. The van der Waals surface area contributed by atoms with Crippen LogP contribution in [0.3, 0.4) is 0 Å². The minimum Gasteiger partial charge on any atom is -0.464 e. The number of nitrogens with one attached hydrogen (secondary N) is 1. The number of hydrogen-bond acceptors (Lipinski definition) is 4. The standard InChI is InChI=1S/C8H10N2O2S2/c1-13-7(9-10-8(11)12)5-6-3-2-4-14-6/h2-4,10H,5H2,1H3,(H,11,12). The zero-order valence-corrected chi connectivity index (χ0v) is 9.19. The molecular weight excluding hydrogens is 220 g/mol. The van der Waals surface area contributed by atoms with Crippen LogP contribution in [0.2, 0.25) is 0 Å². The summed E-state index contributed by atoms with van der Waals surface area (Å²) in [6.45, 7) is 0. The molecule has 0 aliphatic rings. The van der Waals surface area contributed by atoms with Gasteiger partial charge in [0.1, 0.15) is 0 Å². The molecule has 0 unspecified atom stereocenters. The molecule has 1 heterocycles. The van der Waals surface area contributed by atoms with Gasteiger partial charge in [-0.1, -0.05) is 6.07 Å². The SMILES string of the molecule is CSC(Cc1cccs1)=NNC(=O)O. The summed E-state index contributed by atoms with van der Waals surface area (Å²) in [6.07, 6.45) is 1.41. The van der Waals surface area contributed by atoms with Crippen molar-refractivity contribution in [3.8, 4) is 0 Å². The van der Waals surface area contributed by atoms with E-state index < -0.39 is 6.09 Å². The van der Waals surface area contributed by atoms with Crippen molar-refractivity contribution in [1.29, 1.82) is 0 Å². The first kappa shape index (κ1) is 11.1. The maximum absolute atomic E-state index is 10.2. The third-order valence-electron chi connectivity index (χ3n) is 1.42. The molecule has 1 aromatic rings. The molecule has 1 rings (SSSR count). The molecule has 0 radical (unpaired) electrons. The Morgan fingerprint density at radius 3 is 3.07 bits per heavy atom. The van der Waals surface area contributed by atoms with Crippen LogP contribution >= 0.6 is 23.1 Å². The van der Waals surface area contributed by atoms with Gasteiger partial charge in [-0.3, -0.25) is 0 Å². The molecule has 0 aliphatic heterocycles. The van der Waals surface area contributed by atoms with Crippen molar-refractivity contribution in [3.05, 3.63) is 22.4 Å². The van der Waals surface area contributed by atoms with Crippen LogP contribution in [-0.2, 0) is 6.42 Å². The highest BCUT2D eigenvalue weighted by Crippen LogP contribution is 2.13. The van der Waals surface area contributed by atoms with E-state index in [1.165, 1.54) is 16.6 Å². The maximum Gasteiger partial charge on any atom is 0.425 e. The number of thioether (sulfide) groups is 1. The monoisotopic (exact) mass is 230 g/mol. The number of thiophene rings is 1. The van der Waals surface area contributed by atoms with Gasteiger partial charge < -0.3 is 5.11 Å². The molecule has 76 valence electrons. The predicted molar refractivity (Wildman–Crippen MR) is 60.1 cm³/mol.